The van der Waals surface area contributed by atoms with Crippen molar-refractivity contribution in [2.75, 3.05) is 13.2 Å². The Kier molecular flexibility index (Phi) is 25.8. The first-order chi connectivity index (χ1) is 42.2. The van der Waals surface area contributed by atoms with Crippen LogP contribution in [0.5, 0.6) is 11.5 Å². The van der Waals surface area contributed by atoms with Crippen LogP contribution in [0.4, 0.5) is 0 Å². The maximum atomic E-state index is 13.9. The van der Waals surface area contributed by atoms with E-state index in [0.717, 1.165) is 22.3 Å². The van der Waals surface area contributed by atoms with E-state index in [9.17, 15) is 24.4 Å². The van der Waals surface area contributed by atoms with E-state index in [1.54, 1.807) is 38.1 Å². The van der Waals surface area contributed by atoms with Crippen LogP contribution in [0.2, 0.25) is 0 Å². The van der Waals surface area contributed by atoms with Crippen LogP contribution < -0.4 is 25.8 Å². The first kappa shape index (κ1) is 79.2. The van der Waals surface area contributed by atoms with Crippen LogP contribution in [-0.2, 0) is 27.9 Å². The second kappa shape index (κ2) is 30.2. The molecular formula is C71H104B3BrN6O12. The summed E-state index contributed by atoms with van der Waals surface area (Å²) in [4.78, 5) is 54.8. The average molecular weight is 1350 g/mol. The van der Waals surface area contributed by atoms with Gasteiger partial charge in [-0.2, -0.15) is 10.5 Å². The minimum atomic E-state index is -0.738. The molecule has 3 aliphatic heterocycles. The number of hydrazine groups is 2. The van der Waals surface area contributed by atoms with Gasteiger partial charge in [0, 0.05) is 38.8 Å². The number of aryl methyl sites for hydroxylation is 4. The molecule has 0 aliphatic carbocycles. The molecule has 22 heteroatoms. The molecule has 0 spiro atoms. The van der Waals surface area contributed by atoms with Crippen LogP contribution in [0, 0.1) is 75.0 Å². The fourth-order valence-electron chi connectivity index (χ4n) is 11.3. The van der Waals surface area contributed by atoms with E-state index in [1.165, 1.54) is 10.0 Å². The molecule has 3 aliphatic rings. The molecule has 4 aromatic carbocycles. The number of nitrogens with one attached hydrogen (secondary N) is 2. The molecule has 4 amide bonds. The molecule has 93 heavy (non-hydrogen) atoms. The molecule has 0 radical (unpaired) electrons. The molecule has 2 N–H and O–H groups in total. The number of rotatable bonds is 14. The summed E-state index contributed by atoms with van der Waals surface area (Å²) in [7, 11) is -1.69. The van der Waals surface area contributed by atoms with Crippen LogP contribution in [0.25, 0.3) is 0 Å². The zero-order chi connectivity index (χ0) is 69.8. The number of benzene rings is 4. The van der Waals surface area contributed by atoms with E-state index in [-0.39, 0.29) is 77.8 Å². The molecular weight excluding hydrogens is 1240 g/mol. The first-order valence-electron chi connectivity index (χ1n) is 31.7. The van der Waals surface area contributed by atoms with Crippen molar-refractivity contribution in [1.29, 1.82) is 10.5 Å². The fourth-order valence-corrected chi connectivity index (χ4v) is 11.9. The van der Waals surface area contributed by atoms with Crippen molar-refractivity contribution in [3.63, 3.8) is 0 Å². The third-order valence-electron chi connectivity index (χ3n) is 18.3. The Balaban J connectivity index is 0.000000316. The normalized spacial score (nSPS) is 17.8. The number of carbonyl (C=O) groups is 4. The van der Waals surface area contributed by atoms with E-state index in [0.29, 0.717) is 67.7 Å². The largest absolute Gasteiger partial charge is 0.498 e. The van der Waals surface area contributed by atoms with Crippen molar-refractivity contribution in [1.82, 2.24) is 20.9 Å². The summed E-state index contributed by atoms with van der Waals surface area (Å²) in [5, 5.41) is 21.0. The molecule has 4 aromatic rings. The Morgan fingerprint density at radius 2 is 0.817 bits per heavy atom. The van der Waals surface area contributed by atoms with E-state index in [1.807, 2.05) is 215 Å². The van der Waals surface area contributed by atoms with E-state index >= 15 is 0 Å². The summed E-state index contributed by atoms with van der Waals surface area (Å²) in [6.07, 6.45) is 1.30. The predicted molar refractivity (Wildman–Crippen MR) is 373 cm³/mol. The minimum Gasteiger partial charge on any atom is -0.479 e. The van der Waals surface area contributed by atoms with Gasteiger partial charge in [0.1, 0.15) is 23.6 Å². The lowest BCUT2D eigenvalue weighted by atomic mass is 9.49. The highest BCUT2D eigenvalue weighted by atomic mass is 79.9. The summed E-state index contributed by atoms with van der Waals surface area (Å²) in [5.74, 6) is -0.619. The van der Waals surface area contributed by atoms with E-state index in [2.05, 4.69) is 26.8 Å². The summed E-state index contributed by atoms with van der Waals surface area (Å²) >= 11 is 3.41. The Labute approximate surface area is 565 Å². The maximum Gasteiger partial charge on any atom is 0.498 e. The summed E-state index contributed by atoms with van der Waals surface area (Å²) in [5.41, 5.74) is 9.96. The SMILES string of the molecule is C.CC1(C)OB(B2OC(C)(C)C(C)(C)O2)OC1(C)C.CC[C@@H](N(NC(=O)c1ccc(B2OC(C)(C)C(C)(C)O2)c(OCC#N)c1C)C(=O)c1cc(C)cc(C)c1)C(C)(C)C.CC[C@@H](N(NC(=O)c1ccc(Br)c(OCC#N)c1C)C(=O)c1cc(C)cc(C)c1)C(C)(C)C. The number of nitriles is 2. The summed E-state index contributed by atoms with van der Waals surface area (Å²) in [6.45, 7) is 51.3. The third-order valence-corrected chi connectivity index (χ3v) is 19.0. The van der Waals surface area contributed by atoms with Crippen molar-refractivity contribution in [2.24, 2.45) is 10.8 Å². The Morgan fingerprint density at radius 1 is 0.516 bits per heavy atom. The van der Waals surface area contributed by atoms with Gasteiger partial charge in [-0.3, -0.25) is 30.0 Å². The molecule has 506 valence electrons. The number of nitrogens with zero attached hydrogens (tertiary/aromatic N) is 4. The van der Waals surface area contributed by atoms with Crippen LogP contribution in [-0.4, -0.2) is 114 Å². The molecule has 0 unspecified atom stereocenters. The molecule has 2 atom stereocenters. The average Bonchev–Trinajstić information content (AvgIpc) is 1.62. The van der Waals surface area contributed by atoms with Gasteiger partial charge in [0.15, 0.2) is 13.2 Å². The minimum absolute atomic E-state index is 0. The lowest BCUT2D eigenvalue weighted by Gasteiger charge is -2.39. The van der Waals surface area contributed by atoms with Crippen molar-refractivity contribution >= 4 is 66.2 Å². The highest BCUT2D eigenvalue weighted by molar-refractivity contribution is 9.10. The highest BCUT2D eigenvalue weighted by Crippen LogP contribution is 2.44. The van der Waals surface area contributed by atoms with Gasteiger partial charge in [-0.15, -0.1) is 0 Å². The number of ether oxygens (including phenoxy) is 2. The molecule has 3 saturated heterocycles. The zero-order valence-electron chi connectivity index (χ0n) is 59.6. The van der Waals surface area contributed by atoms with Crippen molar-refractivity contribution < 1.29 is 56.6 Å². The van der Waals surface area contributed by atoms with Gasteiger partial charge in [0.25, 0.3) is 23.6 Å². The number of halogens is 1. The number of hydrogen-bond acceptors (Lipinski definition) is 14. The van der Waals surface area contributed by atoms with Gasteiger partial charge < -0.3 is 37.4 Å². The number of hydrogen-bond donors (Lipinski definition) is 2. The van der Waals surface area contributed by atoms with Gasteiger partial charge in [0.2, 0.25) is 0 Å². The van der Waals surface area contributed by atoms with Gasteiger partial charge >= 0.3 is 21.1 Å². The summed E-state index contributed by atoms with van der Waals surface area (Å²) < 4.78 is 48.3. The maximum absolute atomic E-state index is 13.9. The van der Waals surface area contributed by atoms with Crippen LogP contribution in [0.3, 0.4) is 0 Å². The molecule has 18 nitrogen and oxygen atoms in total. The predicted octanol–water partition coefficient (Wildman–Crippen LogP) is 14.2. The third kappa shape index (κ3) is 18.4. The smallest absolute Gasteiger partial charge is 0.479 e. The molecule has 3 heterocycles. The van der Waals surface area contributed by atoms with Crippen molar-refractivity contribution in [2.45, 2.75) is 246 Å². The molecule has 0 saturated carbocycles. The number of carbonyl (C=O) groups excluding carboxylic acids is 4. The topological polar surface area (TPSA) is 220 Å². The van der Waals surface area contributed by atoms with Crippen LogP contribution in [0.1, 0.15) is 234 Å². The van der Waals surface area contributed by atoms with Crippen LogP contribution in [0.15, 0.2) is 65.1 Å². The van der Waals surface area contributed by atoms with Gasteiger partial charge in [-0.1, -0.05) is 103 Å². The Morgan fingerprint density at radius 3 is 1.13 bits per heavy atom. The summed E-state index contributed by atoms with van der Waals surface area (Å²) in [6, 6.07) is 21.6. The second-order valence-electron chi connectivity index (χ2n) is 29.5. The molecule has 0 bridgehead atoms. The zero-order valence-corrected chi connectivity index (χ0v) is 61.1. The van der Waals surface area contributed by atoms with E-state index in [4.69, 9.17) is 42.7 Å². The Bertz CT molecular complexity index is 3330. The van der Waals surface area contributed by atoms with Gasteiger partial charge in [-0.05, 0) is 207 Å². The molecule has 7 rings (SSSR count). The molecule has 0 aromatic heterocycles. The van der Waals surface area contributed by atoms with Crippen molar-refractivity contribution in [3.8, 4) is 23.6 Å². The molecule has 3 fully saturated rings. The lowest BCUT2D eigenvalue weighted by Crippen LogP contribution is -2.56. The van der Waals surface area contributed by atoms with Crippen LogP contribution >= 0.6 is 15.9 Å². The first-order valence-corrected chi connectivity index (χ1v) is 32.5. The van der Waals surface area contributed by atoms with Gasteiger partial charge in [0.05, 0.1) is 50.2 Å². The highest BCUT2D eigenvalue weighted by Gasteiger charge is 2.64. The van der Waals surface area contributed by atoms with Crippen molar-refractivity contribution in [3.05, 3.63) is 121 Å². The quantitative estimate of drug-likeness (QED) is 0.0886. The second-order valence-corrected chi connectivity index (χ2v) is 30.4. The Hall–Kier alpha value is -6.23. The standard InChI is InChI=1S/C32H44BN3O5.C26H32BrN3O3.C12H24B2O4.CH4/c1-12-26(30(5,6)7)36(29(38)23-18-20(2)17-21(3)19-23)35-28(37)24-13-14-25(27(22(24)4)39-16-15-34)33-40-31(8,9)32(10,11)41-33;1-8-22(26(5,6)7)30(25(32)19-14-16(2)13-17(3)15-19)29-24(31)20-9-10-21(27)23(18(20)4)33-12-11-28;1-9(2)10(3,4)16-13(15-9)14-17-11(5,6)12(7,8)18-14;/h13-14,17-19,26H,12,16H2,1-11H3,(H,35,37);9-10,13-15,22H,8,12H2,1-7H3,(H,29,31);1-8H3;1H4/t26-;22-;;/m11../s1. The lowest BCUT2D eigenvalue weighted by molar-refractivity contribution is 0.00578. The number of amides is 4. The van der Waals surface area contributed by atoms with E-state index < -0.39 is 44.2 Å². The monoisotopic (exact) mass is 1340 g/mol. The van der Waals surface area contributed by atoms with Gasteiger partial charge in [-0.25, -0.2) is 10.0 Å². The fraction of sp³-hybridized carbons (Fsp3) is 0.577.